The van der Waals surface area contributed by atoms with E-state index in [9.17, 15) is 5.11 Å². The van der Waals surface area contributed by atoms with E-state index in [1.54, 1.807) is 0 Å². The Labute approximate surface area is 93.7 Å². The lowest BCUT2D eigenvalue weighted by Crippen LogP contribution is -2.49. The van der Waals surface area contributed by atoms with E-state index in [1.807, 2.05) is 0 Å². The molecule has 2 fully saturated rings. The minimum atomic E-state index is -0.0562. The summed E-state index contributed by atoms with van der Waals surface area (Å²) in [4.78, 5) is 2.59. The van der Waals surface area contributed by atoms with Gasteiger partial charge in [0.1, 0.15) is 0 Å². The predicted octanol–water partition coefficient (Wildman–Crippen LogP) is 2.55. The molecule has 0 aromatic rings. The van der Waals surface area contributed by atoms with Crippen LogP contribution in [0.2, 0.25) is 0 Å². The number of hydrogen-bond donors (Lipinski definition) is 1. The maximum atomic E-state index is 10.1. The molecule has 0 aromatic carbocycles. The molecule has 2 atom stereocenters. The molecule has 88 valence electrons. The summed E-state index contributed by atoms with van der Waals surface area (Å²) in [7, 11) is 0. The third kappa shape index (κ3) is 2.54. The van der Waals surface area contributed by atoms with Crippen LogP contribution in [0.5, 0.6) is 0 Å². The van der Waals surface area contributed by atoms with Crippen molar-refractivity contribution in [3.63, 3.8) is 0 Å². The Morgan fingerprint density at radius 2 is 1.60 bits per heavy atom. The van der Waals surface area contributed by atoms with Gasteiger partial charge >= 0.3 is 0 Å². The second kappa shape index (κ2) is 5.31. The summed E-state index contributed by atoms with van der Waals surface area (Å²) in [6.45, 7) is 3.37. The molecule has 0 radical (unpaired) electrons. The molecule has 15 heavy (non-hydrogen) atoms. The van der Waals surface area contributed by atoms with Gasteiger partial charge in [0.2, 0.25) is 0 Å². The van der Waals surface area contributed by atoms with Crippen molar-refractivity contribution in [1.82, 2.24) is 4.90 Å². The average molecular weight is 211 g/mol. The zero-order valence-corrected chi connectivity index (χ0v) is 9.99. The Morgan fingerprint density at radius 1 is 1.00 bits per heavy atom. The lowest BCUT2D eigenvalue weighted by atomic mass is 9.90. The van der Waals surface area contributed by atoms with Crippen LogP contribution in [0.15, 0.2) is 0 Å². The molecule has 0 saturated heterocycles. The second-order valence-corrected chi connectivity index (χ2v) is 5.19. The minimum absolute atomic E-state index is 0.0562. The van der Waals surface area contributed by atoms with Crippen LogP contribution in [0.3, 0.4) is 0 Å². The highest BCUT2D eigenvalue weighted by Gasteiger charge is 2.33. The summed E-state index contributed by atoms with van der Waals surface area (Å²) in [5, 5.41) is 10.1. The SMILES string of the molecule is CCN(C1CCCC1)C1CCCCC1O. The second-order valence-electron chi connectivity index (χ2n) is 5.19. The van der Waals surface area contributed by atoms with Crippen molar-refractivity contribution in [1.29, 1.82) is 0 Å². The summed E-state index contributed by atoms with van der Waals surface area (Å²) in [6.07, 6.45) is 10.2. The number of hydrogen-bond acceptors (Lipinski definition) is 2. The lowest BCUT2D eigenvalue weighted by molar-refractivity contribution is 0.00204. The maximum Gasteiger partial charge on any atom is 0.0695 e. The van der Waals surface area contributed by atoms with Gasteiger partial charge in [-0.3, -0.25) is 4.90 Å². The summed E-state index contributed by atoms with van der Waals surface area (Å²) in [5.41, 5.74) is 0. The highest BCUT2D eigenvalue weighted by atomic mass is 16.3. The minimum Gasteiger partial charge on any atom is -0.391 e. The summed E-state index contributed by atoms with van der Waals surface area (Å²) in [5.74, 6) is 0. The molecule has 2 rings (SSSR count). The lowest BCUT2D eigenvalue weighted by Gasteiger charge is -2.40. The van der Waals surface area contributed by atoms with Gasteiger partial charge < -0.3 is 5.11 Å². The van der Waals surface area contributed by atoms with Crippen molar-refractivity contribution in [2.24, 2.45) is 0 Å². The Kier molecular flexibility index (Phi) is 4.04. The fourth-order valence-electron chi connectivity index (χ4n) is 3.48. The molecular formula is C13H25NO. The fraction of sp³-hybridized carbons (Fsp3) is 1.00. The fourth-order valence-corrected chi connectivity index (χ4v) is 3.48. The molecule has 0 aliphatic heterocycles. The first kappa shape index (κ1) is 11.4. The Hall–Kier alpha value is -0.0800. The summed E-state index contributed by atoms with van der Waals surface area (Å²) >= 11 is 0. The molecule has 0 aromatic heterocycles. The van der Waals surface area contributed by atoms with Crippen molar-refractivity contribution in [2.75, 3.05) is 6.54 Å². The van der Waals surface area contributed by atoms with E-state index in [2.05, 4.69) is 11.8 Å². The van der Waals surface area contributed by atoms with Crippen LogP contribution in [0, 0.1) is 0 Å². The first-order chi connectivity index (χ1) is 7.33. The molecule has 0 spiro atoms. The molecule has 0 bridgehead atoms. The quantitative estimate of drug-likeness (QED) is 0.775. The number of aliphatic hydroxyl groups is 1. The van der Waals surface area contributed by atoms with Gasteiger partial charge in [-0.05, 0) is 32.2 Å². The van der Waals surface area contributed by atoms with Crippen molar-refractivity contribution >= 4 is 0 Å². The number of aliphatic hydroxyl groups excluding tert-OH is 1. The first-order valence-electron chi connectivity index (χ1n) is 6.76. The molecule has 2 heteroatoms. The van der Waals surface area contributed by atoms with Crippen molar-refractivity contribution in [3.05, 3.63) is 0 Å². The van der Waals surface area contributed by atoms with E-state index in [4.69, 9.17) is 0 Å². The van der Waals surface area contributed by atoms with Crippen molar-refractivity contribution < 1.29 is 5.11 Å². The normalized spacial score (nSPS) is 33.8. The molecule has 2 aliphatic carbocycles. The van der Waals surface area contributed by atoms with Gasteiger partial charge in [-0.1, -0.05) is 32.6 Å². The molecule has 0 heterocycles. The van der Waals surface area contributed by atoms with Crippen LogP contribution < -0.4 is 0 Å². The van der Waals surface area contributed by atoms with Gasteiger partial charge in [0.15, 0.2) is 0 Å². The van der Waals surface area contributed by atoms with E-state index >= 15 is 0 Å². The predicted molar refractivity (Wildman–Crippen MR) is 62.9 cm³/mol. The van der Waals surface area contributed by atoms with Crippen LogP contribution in [-0.2, 0) is 0 Å². The standard InChI is InChI=1S/C13H25NO/c1-2-14(11-7-3-4-8-11)12-9-5-6-10-13(12)15/h11-13,15H,2-10H2,1H3. The highest BCUT2D eigenvalue weighted by molar-refractivity contribution is 4.88. The van der Waals surface area contributed by atoms with Crippen LogP contribution in [-0.4, -0.2) is 34.7 Å². The first-order valence-corrected chi connectivity index (χ1v) is 6.76. The van der Waals surface area contributed by atoms with E-state index in [1.165, 1.54) is 44.9 Å². The zero-order valence-electron chi connectivity index (χ0n) is 9.99. The third-order valence-corrected chi connectivity index (χ3v) is 4.28. The van der Waals surface area contributed by atoms with Gasteiger partial charge in [0, 0.05) is 12.1 Å². The average Bonchev–Trinajstić information content (AvgIpc) is 2.75. The summed E-state index contributed by atoms with van der Waals surface area (Å²) < 4.78 is 0. The van der Waals surface area contributed by atoms with Gasteiger partial charge in [-0.15, -0.1) is 0 Å². The molecule has 0 amide bonds. The van der Waals surface area contributed by atoms with Gasteiger partial charge in [0.05, 0.1) is 6.10 Å². The van der Waals surface area contributed by atoms with Crippen molar-refractivity contribution in [3.8, 4) is 0 Å². The van der Waals surface area contributed by atoms with Crippen molar-refractivity contribution in [2.45, 2.75) is 76.5 Å². The van der Waals surface area contributed by atoms with E-state index in [0.717, 1.165) is 19.0 Å². The maximum absolute atomic E-state index is 10.1. The smallest absolute Gasteiger partial charge is 0.0695 e. The van der Waals surface area contributed by atoms with E-state index in [0.29, 0.717) is 6.04 Å². The van der Waals surface area contributed by atoms with E-state index in [-0.39, 0.29) is 6.10 Å². The number of rotatable bonds is 3. The number of likely N-dealkylation sites (N-methyl/N-ethyl adjacent to an activating group) is 1. The Morgan fingerprint density at radius 3 is 2.20 bits per heavy atom. The molecule has 2 saturated carbocycles. The zero-order chi connectivity index (χ0) is 10.7. The highest BCUT2D eigenvalue weighted by Crippen LogP contribution is 2.30. The molecule has 1 N–H and O–H groups in total. The van der Waals surface area contributed by atoms with Gasteiger partial charge in [0.25, 0.3) is 0 Å². The Balaban J connectivity index is 1.97. The van der Waals surface area contributed by atoms with Crippen LogP contribution >= 0.6 is 0 Å². The summed E-state index contributed by atoms with van der Waals surface area (Å²) in [6, 6.07) is 1.24. The van der Waals surface area contributed by atoms with Crippen LogP contribution in [0.4, 0.5) is 0 Å². The topological polar surface area (TPSA) is 23.5 Å². The van der Waals surface area contributed by atoms with Crippen LogP contribution in [0.1, 0.15) is 58.3 Å². The Bertz CT molecular complexity index is 189. The van der Waals surface area contributed by atoms with Gasteiger partial charge in [-0.25, -0.2) is 0 Å². The van der Waals surface area contributed by atoms with Crippen LogP contribution in [0.25, 0.3) is 0 Å². The third-order valence-electron chi connectivity index (χ3n) is 4.28. The van der Waals surface area contributed by atoms with Gasteiger partial charge in [-0.2, -0.15) is 0 Å². The largest absolute Gasteiger partial charge is 0.391 e. The monoisotopic (exact) mass is 211 g/mol. The number of nitrogens with zero attached hydrogens (tertiary/aromatic N) is 1. The molecular weight excluding hydrogens is 186 g/mol. The van der Waals surface area contributed by atoms with E-state index < -0.39 is 0 Å². The molecule has 2 aliphatic rings. The molecule has 2 unspecified atom stereocenters. The molecule has 2 nitrogen and oxygen atoms in total.